The highest BCUT2D eigenvalue weighted by Crippen LogP contribution is 2.26. The van der Waals surface area contributed by atoms with E-state index < -0.39 is 0 Å². The van der Waals surface area contributed by atoms with Crippen LogP contribution < -0.4 is 0 Å². The van der Waals surface area contributed by atoms with Crippen molar-refractivity contribution in [2.24, 2.45) is 5.92 Å². The van der Waals surface area contributed by atoms with Gasteiger partial charge in [0.05, 0.1) is 6.10 Å². The molecule has 0 bridgehead atoms. The Morgan fingerprint density at radius 2 is 1.64 bits per heavy atom. The van der Waals surface area contributed by atoms with E-state index in [1.165, 1.54) is 51.6 Å². The summed E-state index contributed by atoms with van der Waals surface area (Å²) in [6.07, 6.45) is 9.06. The summed E-state index contributed by atoms with van der Waals surface area (Å²) in [5.41, 5.74) is 0. The van der Waals surface area contributed by atoms with Gasteiger partial charge in [0.1, 0.15) is 0 Å². The Balaban J connectivity index is 1.77. The van der Waals surface area contributed by atoms with Gasteiger partial charge >= 0.3 is 0 Å². The number of nitrogens with zero attached hydrogens (tertiary/aromatic N) is 1. The van der Waals surface area contributed by atoms with Gasteiger partial charge in [-0.05, 0) is 44.7 Å². The summed E-state index contributed by atoms with van der Waals surface area (Å²) >= 11 is 0. The second kappa shape index (κ2) is 5.13. The third-order valence-electron chi connectivity index (χ3n) is 3.81. The van der Waals surface area contributed by atoms with E-state index >= 15 is 0 Å². The lowest BCUT2D eigenvalue weighted by molar-refractivity contribution is 0.103. The monoisotopic (exact) mass is 197 g/mol. The lowest BCUT2D eigenvalue weighted by atomic mass is 10.1. The molecule has 2 aliphatic rings. The van der Waals surface area contributed by atoms with Gasteiger partial charge in [0.2, 0.25) is 0 Å². The molecular weight excluding hydrogens is 174 g/mol. The molecule has 2 fully saturated rings. The van der Waals surface area contributed by atoms with Crippen LogP contribution in [0, 0.1) is 5.92 Å². The van der Waals surface area contributed by atoms with E-state index in [0.29, 0.717) is 5.92 Å². The molecule has 0 aromatic heterocycles. The molecule has 2 unspecified atom stereocenters. The van der Waals surface area contributed by atoms with Crippen molar-refractivity contribution in [2.75, 3.05) is 19.6 Å². The van der Waals surface area contributed by atoms with Gasteiger partial charge < -0.3 is 10.0 Å². The highest BCUT2D eigenvalue weighted by Gasteiger charge is 2.26. The molecule has 1 saturated carbocycles. The average Bonchev–Trinajstić information content (AvgIpc) is 2.44. The molecule has 1 aliphatic carbocycles. The number of hydrogen-bond acceptors (Lipinski definition) is 2. The Labute approximate surface area is 87.3 Å². The molecule has 1 saturated heterocycles. The van der Waals surface area contributed by atoms with Gasteiger partial charge in [-0.1, -0.05) is 19.3 Å². The van der Waals surface area contributed by atoms with E-state index in [0.717, 1.165) is 13.0 Å². The summed E-state index contributed by atoms with van der Waals surface area (Å²) in [6, 6.07) is 0. The van der Waals surface area contributed by atoms with Crippen LogP contribution in [0.3, 0.4) is 0 Å². The van der Waals surface area contributed by atoms with Gasteiger partial charge in [-0.25, -0.2) is 0 Å². The fourth-order valence-electron chi connectivity index (χ4n) is 2.88. The Kier molecular flexibility index (Phi) is 3.82. The van der Waals surface area contributed by atoms with E-state index in [2.05, 4.69) is 4.90 Å². The lowest BCUT2D eigenvalue weighted by Gasteiger charge is -2.25. The van der Waals surface area contributed by atoms with Gasteiger partial charge in [-0.2, -0.15) is 0 Å². The number of aliphatic hydroxyl groups is 1. The zero-order valence-electron chi connectivity index (χ0n) is 9.12. The van der Waals surface area contributed by atoms with E-state index in [-0.39, 0.29) is 6.10 Å². The van der Waals surface area contributed by atoms with Crippen LogP contribution >= 0.6 is 0 Å². The molecule has 0 aromatic rings. The molecule has 0 amide bonds. The minimum absolute atomic E-state index is 0.00162. The van der Waals surface area contributed by atoms with Crippen LogP contribution in [0.25, 0.3) is 0 Å². The molecule has 2 heteroatoms. The van der Waals surface area contributed by atoms with Crippen molar-refractivity contribution in [1.29, 1.82) is 0 Å². The smallest absolute Gasteiger partial charge is 0.0580 e. The van der Waals surface area contributed by atoms with Crippen LogP contribution in [-0.4, -0.2) is 35.7 Å². The molecule has 2 atom stereocenters. The van der Waals surface area contributed by atoms with Gasteiger partial charge in [0.15, 0.2) is 0 Å². The first-order valence-corrected chi connectivity index (χ1v) is 6.26. The first-order chi connectivity index (χ1) is 6.86. The van der Waals surface area contributed by atoms with Gasteiger partial charge in [-0.15, -0.1) is 0 Å². The number of aliphatic hydroxyl groups excluding tert-OH is 1. The van der Waals surface area contributed by atoms with E-state index in [9.17, 15) is 5.11 Å². The normalized spacial score (nSPS) is 35.8. The van der Waals surface area contributed by atoms with Crippen molar-refractivity contribution < 1.29 is 5.11 Å². The predicted molar refractivity (Wildman–Crippen MR) is 58.3 cm³/mol. The Morgan fingerprint density at radius 1 is 0.929 bits per heavy atom. The maximum absolute atomic E-state index is 9.76. The van der Waals surface area contributed by atoms with Gasteiger partial charge in [0, 0.05) is 6.54 Å². The predicted octanol–water partition coefficient (Wildman–Crippen LogP) is 2.02. The third-order valence-corrected chi connectivity index (χ3v) is 3.81. The molecule has 14 heavy (non-hydrogen) atoms. The molecular formula is C12H23NO. The second-order valence-electron chi connectivity index (χ2n) is 4.97. The summed E-state index contributed by atoms with van der Waals surface area (Å²) in [5.74, 6) is 0.577. The van der Waals surface area contributed by atoms with Crippen molar-refractivity contribution in [3.63, 3.8) is 0 Å². The van der Waals surface area contributed by atoms with Crippen LogP contribution in [-0.2, 0) is 0 Å². The minimum Gasteiger partial charge on any atom is -0.393 e. The van der Waals surface area contributed by atoms with E-state index in [1.54, 1.807) is 0 Å². The Hall–Kier alpha value is -0.0800. The summed E-state index contributed by atoms with van der Waals surface area (Å²) in [7, 11) is 0. The lowest BCUT2D eigenvalue weighted by Crippen LogP contribution is -2.33. The van der Waals surface area contributed by atoms with E-state index in [1.807, 2.05) is 0 Å². The summed E-state index contributed by atoms with van der Waals surface area (Å²) in [5, 5.41) is 9.76. The quantitative estimate of drug-likeness (QED) is 0.732. The first-order valence-electron chi connectivity index (χ1n) is 6.26. The van der Waals surface area contributed by atoms with Crippen molar-refractivity contribution in [3.8, 4) is 0 Å². The molecule has 0 aromatic carbocycles. The highest BCUT2D eigenvalue weighted by molar-refractivity contribution is 4.80. The van der Waals surface area contributed by atoms with Crippen LogP contribution in [0.4, 0.5) is 0 Å². The van der Waals surface area contributed by atoms with Crippen LogP contribution in [0.1, 0.15) is 44.9 Å². The second-order valence-corrected chi connectivity index (χ2v) is 4.97. The number of rotatable bonds is 2. The summed E-state index contributed by atoms with van der Waals surface area (Å²) in [6.45, 7) is 3.69. The summed E-state index contributed by atoms with van der Waals surface area (Å²) in [4.78, 5) is 2.58. The van der Waals surface area contributed by atoms with E-state index in [4.69, 9.17) is 0 Å². The Bertz CT molecular complexity index is 164. The molecule has 82 valence electrons. The third kappa shape index (κ3) is 2.71. The molecule has 1 N–H and O–H groups in total. The molecule has 1 aliphatic heterocycles. The molecule has 0 radical (unpaired) electrons. The fourth-order valence-corrected chi connectivity index (χ4v) is 2.88. The SMILES string of the molecule is OC1CCCC1CN1CCCCCC1. The zero-order chi connectivity index (χ0) is 9.80. The topological polar surface area (TPSA) is 23.5 Å². The van der Waals surface area contributed by atoms with Gasteiger partial charge in [-0.3, -0.25) is 0 Å². The molecule has 2 nitrogen and oxygen atoms in total. The molecule has 1 heterocycles. The van der Waals surface area contributed by atoms with Crippen molar-refractivity contribution in [1.82, 2.24) is 4.90 Å². The maximum atomic E-state index is 9.76. The number of hydrogen-bond donors (Lipinski definition) is 1. The van der Waals surface area contributed by atoms with Crippen molar-refractivity contribution >= 4 is 0 Å². The van der Waals surface area contributed by atoms with Crippen molar-refractivity contribution in [2.45, 2.75) is 51.0 Å². The fraction of sp³-hybridized carbons (Fsp3) is 1.00. The van der Waals surface area contributed by atoms with Gasteiger partial charge in [0.25, 0.3) is 0 Å². The molecule has 2 rings (SSSR count). The minimum atomic E-state index is -0.00162. The first kappa shape index (κ1) is 10.4. The summed E-state index contributed by atoms with van der Waals surface area (Å²) < 4.78 is 0. The number of likely N-dealkylation sites (tertiary alicyclic amines) is 1. The van der Waals surface area contributed by atoms with Crippen molar-refractivity contribution in [3.05, 3.63) is 0 Å². The Morgan fingerprint density at radius 3 is 2.21 bits per heavy atom. The largest absolute Gasteiger partial charge is 0.393 e. The highest BCUT2D eigenvalue weighted by atomic mass is 16.3. The molecule has 0 spiro atoms. The average molecular weight is 197 g/mol. The standard InChI is InChI=1S/C12H23NO/c14-12-7-5-6-11(12)10-13-8-3-1-2-4-9-13/h11-12,14H,1-10H2. The maximum Gasteiger partial charge on any atom is 0.0580 e. The van der Waals surface area contributed by atoms with Crippen LogP contribution in [0.2, 0.25) is 0 Å². The zero-order valence-corrected chi connectivity index (χ0v) is 9.12. The van der Waals surface area contributed by atoms with Crippen LogP contribution in [0.15, 0.2) is 0 Å². The van der Waals surface area contributed by atoms with Crippen LogP contribution in [0.5, 0.6) is 0 Å².